The zero-order chi connectivity index (χ0) is 20.1. The number of hydrogen-bond acceptors (Lipinski definition) is 5. The van der Waals surface area contributed by atoms with Crippen molar-refractivity contribution in [2.24, 2.45) is 11.1 Å². The van der Waals surface area contributed by atoms with Crippen molar-refractivity contribution in [1.29, 1.82) is 0 Å². The first-order valence-corrected chi connectivity index (χ1v) is 9.37. The molecule has 1 amide bonds. The van der Waals surface area contributed by atoms with Crippen molar-refractivity contribution >= 4 is 5.91 Å². The van der Waals surface area contributed by atoms with Gasteiger partial charge < -0.3 is 16.2 Å². The quantitative estimate of drug-likeness (QED) is 0.745. The van der Waals surface area contributed by atoms with Crippen molar-refractivity contribution in [3.8, 4) is 5.75 Å². The molecule has 2 aromatic rings. The summed E-state index contributed by atoms with van der Waals surface area (Å²) in [7, 11) is 0. The predicted octanol–water partition coefficient (Wildman–Crippen LogP) is 1.77. The van der Waals surface area contributed by atoms with Crippen LogP contribution in [0.15, 0.2) is 29.1 Å². The van der Waals surface area contributed by atoms with Gasteiger partial charge in [0.1, 0.15) is 11.6 Å². The monoisotopic (exact) mass is 386 g/mol. The standard InChI is InChI=1S/C20H23FN4O3/c1-19-6-8-20(22,9-7-19)18-24-14(15(26)17(28)25(18)11-19)16(27)23-10-12-2-4-13(21)5-3-12/h2-5,26H,6-11,22H2,1H3,(H,23,27). The van der Waals surface area contributed by atoms with Gasteiger partial charge in [-0.25, -0.2) is 9.37 Å². The van der Waals surface area contributed by atoms with Gasteiger partial charge >= 0.3 is 0 Å². The highest BCUT2D eigenvalue weighted by molar-refractivity contribution is 5.94. The highest BCUT2D eigenvalue weighted by Crippen LogP contribution is 2.47. The summed E-state index contributed by atoms with van der Waals surface area (Å²) in [5.41, 5.74) is 5.43. The minimum atomic E-state index is -0.783. The van der Waals surface area contributed by atoms with Gasteiger partial charge in [0.25, 0.3) is 11.5 Å². The normalized spacial score (nSPS) is 25.8. The molecule has 1 fully saturated rings. The molecule has 28 heavy (non-hydrogen) atoms. The molecular weight excluding hydrogens is 363 g/mol. The van der Waals surface area contributed by atoms with Crippen molar-refractivity contribution in [2.75, 3.05) is 0 Å². The third-order valence-corrected chi connectivity index (χ3v) is 6.06. The smallest absolute Gasteiger partial charge is 0.296 e. The van der Waals surface area contributed by atoms with Crippen LogP contribution >= 0.6 is 0 Å². The summed E-state index contributed by atoms with van der Waals surface area (Å²) in [4.78, 5) is 29.8. The van der Waals surface area contributed by atoms with Gasteiger partial charge in [-0.3, -0.25) is 14.2 Å². The summed E-state index contributed by atoms with van der Waals surface area (Å²) in [5, 5.41) is 13.0. The molecule has 8 heteroatoms. The molecule has 5 rings (SSSR count). The first-order chi connectivity index (χ1) is 13.2. The molecule has 4 N–H and O–H groups in total. The number of amides is 1. The maximum atomic E-state index is 13.0. The van der Waals surface area contributed by atoms with Crippen LogP contribution in [0.2, 0.25) is 0 Å². The fraction of sp³-hybridized carbons (Fsp3) is 0.450. The molecule has 1 saturated carbocycles. The summed E-state index contributed by atoms with van der Waals surface area (Å²) in [6.07, 6.45) is 3.08. The minimum Gasteiger partial charge on any atom is -0.501 e. The van der Waals surface area contributed by atoms with E-state index in [1.807, 2.05) is 0 Å². The maximum Gasteiger partial charge on any atom is 0.296 e. The topological polar surface area (TPSA) is 110 Å². The number of hydrogen-bond donors (Lipinski definition) is 3. The van der Waals surface area contributed by atoms with Crippen LogP contribution in [-0.2, 0) is 18.6 Å². The van der Waals surface area contributed by atoms with E-state index in [-0.39, 0.29) is 23.5 Å². The maximum absolute atomic E-state index is 13.0. The number of halogens is 1. The third kappa shape index (κ3) is 3.07. The lowest BCUT2D eigenvalue weighted by Crippen LogP contribution is -2.43. The number of nitrogens with one attached hydrogen (secondary N) is 1. The van der Waals surface area contributed by atoms with E-state index in [0.717, 1.165) is 12.8 Å². The van der Waals surface area contributed by atoms with Crippen LogP contribution in [-0.4, -0.2) is 20.6 Å². The fourth-order valence-corrected chi connectivity index (χ4v) is 4.16. The number of nitrogens with zero attached hydrogens (tertiary/aromatic N) is 2. The Balaban J connectivity index is 1.67. The lowest BCUT2D eigenvalue weighted by Gasteiger charge is -2.37. The van der Waals surface area contributed by atoms with Crippen LogP contribution in [0.1, 0.15) is 54.5 Å². The van der Waals surface area contributed by atoms with Crippen molar-refractivity contribution in [1.82, 2.24) is 14.9 Å². The third-order valence-electron chi connectivity index (χ3n) is 6.06. The molecule has 0 radical (unpaired) electrons. The Morgan fingerprint density at radius 3 is 2.57 bits per heavy atom. The Labute approximate surface area is 161 Å². The molecule has 1 aromatic heterocycles. The van der Waals surface area contributed by atoms with E-state index in [1.165, 1.54) is 16.7 Å². The Hall–Kier alpha value is -2.74. The minimum absolute atomic E-state index is 0.0710. The average Bonchev–Trinajstić information content (AvgIpc) is 2.86. The van der Waals surface area contributed by atoms with Crippen LogP contribution < -0.4 is 16.6 Å². The Kier molecular flexibility index (Phi) is 4.26. The second-order valence-corrected chi connectivity index (χ2v) is 8.30. The molecule has 0 saturated heterocycles. The number of carbonyl (C=O) groups excluding carboxylic acids is 1. The van der Waals surface area contributed by atoms with E-state index in [4.69, 9.17) is 5.73 Å². The largest absolute Gasteiger partial charge is 0.501 e. The second-order valence-electron chi connectivity index (χ2n) is 8.30. The SMILES string of the molecule is CC12CCC(N)(CC1)c1nc(C(=O)NCc3ccc(F)cc3)c(O)c(=O)n1C2. The lowest BCUT2D eigenvalue weighted by atomic mass is 9.70. The van der Waals surface area contributed by atoms with Crippen LogP contribution in [0, 0.1) is 11.2 Å². The van der Waals surface area contributed by atoms with Gasteiger partial charge in [-0.2, -0.15) is 0 Å². The van der Waals surface area contributed by atoms with E-state index in [1.54, 1.807) is 12.1 Å². The number of aromatic nitrogens is 2. The molecule has 1 aliphatic carbocycles. The van der Waals surface area contributed by atoms with Crippen molar-refractivity contribution in [3.63, 3.8) is 0 Å². The number of benzene rings is 1. The molecule has 3 aliphatic rings. The van der Waals surface area contributed by atoms with Gasteiger partial charge in [0.05, 0.1) is 5.54 Å². The Bertz CT molecular complexity index is 992. The highest BCUT2D eigenvalue weighted by Gasteiger charge is 2.46. The van der Waals surface area contributed by atoms with E-state index in [0.29, 0.717) is 30.8 Å². The van der Waals surface area contributed by atoms with Gasteiger partial charge in [-0.15, -0.1) is 0 Å². The molecule has 7 nitrogen and oxygen atoms in total. The van der Waals surface area contributed by atoms with Gasteiger partial charge in [0, 0.05) is 13.1 Å². The molecule has 3 heterocycles. The van der Waals surface area contributed by atoms with E-state index in [9.17, 15) is 19.1 Å². The number of nitrogens with two attached hydrogens (primary N) is 1. The Morgan fingerprint density at radius 2 is 1.93 bits per heavy atom. The summed E-state index contributed by atoms with van der Waals surface area (Å²) < 4.78 is 14.4. The predicted molar refractivity (Wildman–Crippen MR) is 100 cm³/mol. The van der Waals surface area contributed by atoms with Crippen LogP contribution in [0.4, 0.5) is 4.39 Å². The molecule has 0 spiro atoms. The summed E-state index contributed by atoms with van der Waals surface area (Å²) in [5.74, 6) is -1.35. The first kappa shape index (κ1) is 18.6. The fourth-order valence-electron chi connectivity index (χ4n) is 4.16. The van der Waals surface area contributed by atoms with Crippen LogP contribution in [0.5, 0.6) is 5.75 Å². The Morgan fingerprint density at radius 1 is 1.29 bits per heavy atom. The number of aromatic hydroxyl groups is 1. The molecule has 148 valence electrons. The van der Waals surface area contributed by atoms with E-state index < -0.39 is 22.8 Å². The summed E-state index contributed by atoms with van der Waals surface area (Å²) in [6, 6.07) is 5.68. The van der Waals surface area contributed by atoms with E-state index >= 15 is 0 Å². The van der Waals surface area contributed by atoms with Gasteiger partial charge in [0.15, 0.2) is 5.69 Å². The molecular formula is C20H23FN4O3. The van der Waals surface area contributed by atoms with Gasteiger partial charge in [0.2, 0.25) is 5.75 Å². The zero-order valence-electron chi connectivity index (χ0n) is 15.7. The van der Waals surface area contributed by atoms with E-state index in [2.05, 4.69) is 17.2 Å². The van der Waals surface area contributed by atoms with Crippen LogP contribution in [0.25, 0.3) is 0 Å². The average molecular weight is 386 g/mol. The lowest BCUT2D eigenvalue weighted by molar-refractivity contribution is 0.0941. The number of fused-ring (bicyclic) bond motifs is 2. The number of carbonyl (C=O) groups is 1. The molecule has 0 atom stereocenters. The number of rotatable bonds is 3. The van der Waals surface area contributed by atoms with Crippen molar-refractivity contribution in [3.05, 3.63) is 57.5 Å². The molecule has 0 unspecified atom stereocenters. The molecule has 2 bridgehead atoms. The van der Waals surface area contributed by atoms with Crippen molar-refractivity contribution < 1.29 is 14.3 Å². The van der Waals surface area contributed by atoms with Crippen molar-refractivity contribution in [2.45, 2.75) is 51.2 Å². The highest BCUT2D eigenvalue weighted by atomic mass is 19.1. The van der Waals surface area contributed by atoms with Crippen LogP contribution in [0.3, 0.4) is 0 Å². The molecule has 1 aromatic carbocycles. The van der Waals surface area contributed by atoms with Gasteiger partial charge in [-0.1, -0.05) is 19.1 Å². The zero-order valence-corrected chi connectivity index (χ0v) is 15.7. The first-order valence-electron chi connectivity index (χ1n) is 9.37. The summed E-state index contributed by atoms with van der Waals surface area (Å²) >= 11 is 0. The molecule has 2 aliphatic heterocycles. The second kappa shape index (κ2) is 6.41. The van der Waals surface area contributed by atoms with Gasteiger partial charge in [-0.05, 0) is 48.8 Å². The summed E-state index contributed by atoms with van der Waals surface area (Å²) in [6.45, 7) is 2.65.